The highest BCUT2D eigenvalue weighted by molar-refractivity contribution is 9.10. The lowest BCUT2D eigenvalue weighted by atomic mass is 10.3. The minimum atomic E-state index is -0.415. The maximum atomic E-state index is 11.8. The van der Waals surface area contributed by atoms with Crippen molar-refractivity contribution in [3.05, 3.63) is 51.4 Å². The molecule has 2 rings (SSSR count). The van der Waals surface area contributed by atoms with Crippen LogP contribution < -0.4 is 16.6 Å². The predicted octanol–water partition coefficient (Wildman–Crippen LogP) is 1.23. The van der Waals surface area contributed by atoms with Crippen LogP contribution in [0.25, 0.3) is 0 Å². The van der Waals surface area contributed by atoms with Gasteiger partial charge in [0.2, 0.25) is 5.91 Å². The zero-order valence-electron chi connectivity index (χ0n) is 9.84. The van der Waals surface area contributed by atoms with Gasteiger partial charge in [0.05, 0.1) is 17.6 Å². The fourth-order valence-corrected chi connectivity index (χ4v) is 1.84. The van der Waals surface area contributed by atoms with Crippen molar-refractivity contribution in [2.45, 2.75) is 6.54 Å². The van der Waals surface area contributed by atoms with Crippen LogP contribution in [0.5, 0.6) is 0 Å². The van der Waals surface area contributed by atoms with Crippen LogP contribution in [0, 0.1) is 0 Å². The highest BCUT2D eigenvalue weighted by atomic mass is 79.9. The van der Waals surface area contributed by atoms with E-state index in [1.807, 2.05) is 12.1 Å². The summed E-state index contributed by atoms with van der Waals surface area (Å²) in [6.07, 6.45) is 1.33. The zero-order valence-corrected chi connectivity index (χ0v) is 11.4. The molecule has 0 aliphatic carbocycles. The van der Waals surface area contributed by atoms with E-state index >= 15 is 0 Å². The lowest BCUT2D eigenvalue weighted by Crippen LogP contribution is -2.29. The predicted molar refractivity (Wildman–Crippen MR) is 75.7 cm³/mol. The van der Waals surface area contributed by atoms with Crippen LogP contribution in [0.15, 0.2) is 45.8 Å². The van der Waals surface area contributed by atoms with Gasteiger partial charge in [-0.15, -0.1) is 0 Å². The van der Waals surface area contributed by atoms with Gasteiger partial charge in [-0.05, 0) is 28.1 Å². The van der Waals surface area contributed by atoms with Crippen LogP contribution in [0.2, 0.25) is 0 Å². The minimum Gasteiger partial charge on any atom is -0.397 e. The molecule has 98 valence electrons. The molecular weight excluding hydrogens is 312 g/mol. The van der Waals surface area contributed by atoms with Gasteiger partial charge >= 0.3 is 0 Å². The van der Waals surface area contributed by atoms with Crippen molar-refractivity contribution < 1.29 is 4.79 Å². The molecule has 0 aliphatic rings. The number of nitrogens with zero attached hydrogens (tertiary/aromatic N) is 2. The molecule has 1 aromatic heterocycles. The molecule has 1 amide bonds. The van der Waals surface area contributed by atoms with Gasteiger partial charge in [0.15, 0.2) is 0 Å². The first-order chi connectivity index (χ1) is 9.06. The summed E-state index contributed by atoms with van der Waals surface area (Å²) in [6.45, 7) is -0.166. The van der Waals surface area contributed by atoms with Crippen LogP contribution in [-0.4, -0.2) is 15.7 Å². The van der Waals surface area contributed by atoms with E-state index in [1.54, 1.807) is 12.1 Å². The number of carbonyl (C=O) groups excluding carboxylic acids is 1. The van der Waals surface area contributed by atoms with Gasteiger partial charge in [0.1, 0.15) is 6.54 Å². The Bertz CT molecular complexity index is 669. The molecular formula is C12H11BrN4O2. The third-order valence-electron chi connectivity index (χ3n) is 2.33. The summed E-state index contributed by atoms with van der Waals surface area (Å²) in [4.78, 5) is 23.3. The number of carbonyl (C=O) groups is 1. The van der Waals surface area contributed by atoms with Crippen molar-refractivity contribution in [2.24, 2.45) is 0 Å². The molecule has 0 radical (unpaired) electrons. The number of anilines is 2. The van der Waals surface area contributed by atoms with E-state index in [4.69, 9.17) is 5.73 Å². The number of para-hydroxylation sites is 1. The highest BCUT2D eigenvalue weighted by Gasteiger charge is 2.07. The normalized spacial score (nSPS) is 10.2. The number of halogens is 1. The van der Waals surface area contributed by atoms with Gasteiger partial charge in [-0.2, -0.15) is 5.10 Å². The zero-order chi connectivity index (χ0) is 13.8. The van der Waals surface area contributed by atoms with Crippen molar-refractivity contribution in [1.29, 1.82) is 0 Å². The number of aromatic nitrogens is 2. The van der Waals surface area contributed by atoms with Crippen molar-refractivity contribution in [3.8, 4) is 0 Å². The average Bonchev–Trinajstić information content (AvgIpc) is 2.36. The van der Waals surface area contributed by atoms with Gasteiger partial charge in [0.25, 0.3) is 5.56 Å². The van der Waals surface area contributed by atoms with Crippen molar-refractivity contribution in [1.82, 2.24) is 9.78 Å². The molecule has 0 spiro atoms. The average molecular weight is 323 g/mol. The number of benzene rings is 1. The van der Waals surface area contributed by atoms with Crippen molar-refractivity contribution in [2.75, 3.05) is 11.1 Å². The molecule has 0 unspecified atom stereocenters. The summed E-state index contributed by atoms with van der Waals surface area (Å²) in [5.41, 5.74) is 5.91. The first-order valence-electron chi connectivity index (χ1n) is 5.43. The number of nitrogens with one attached hydrogen (secondary N) is 1. The third kappa shape index (κ3) is 3.41. The van der Waals surface area contributed by atoms with Gasteiger partial charge in [0, 0.05) is 10.5 Å². The summed E-state index contributed by atoms with van der Waals surface area (Å²) >= 11 is 3.32. The van der Waals surface area contributed by atoms with Gasteiger partial charge < -0.3 is 11.1 Å². The molecule has 0 saturated heterocycles. The molecule has 1 heterocycles. The number of nitrogens with two attached hydrogens (primary N) is 1. The molecule has 0 bridgehead atoms. The molecule has 1 aromatic carbocycles. The quantitative estimate of drug-likeness (QED) is 0.889. The standard InChI is InChI=1S/C12H11BrN4O2/c13-9-3-1-2-4-10(9)16-11(18)7-17-12(19)5-8(14)6-15-17/h1-6H,7,14H2,(H,16,18). The first-order valence-corrected chi connectivity index (χ1v) is 6.22. The Morgan fingerprint density at radius 2 is 2.16 bits per heavy atom. The van der Waals surface area contributed by atoms with Crippen molar-refractivity contribution in [3.63, 3.8) is 0 Å². The van der Waals surface area contributed by atoms with Crippen LogP contribution in [0.1, 0.15) is 0 Å². The van der Waals surface area contributed by atoms with Crippen LogP contribution in [0.3, 0.4) is 0 Å². The molecule has 19 heavy (non-hydrogen) atoms. The number of hydrogen-bond acceptors (Lipinski definition) is 4. The smallest absolute Gasteiger partial charge is 0.269 e. The Kier molecular flexibility index (Phi) is 3.96. The summed E-state index contributed by atoms with van der Waals surface area (Å²) in [6, 6.07) is 8.42. The Morgan fingerprint density at radius 3 is 2.84 bits per heavy atom. The number of hydrogen-bond donors (Lipinski definition) is 2. The maximum Gasteiger partial charge on any atom is 0.269 e. The highest BCUT2D eigenvalue weighted by Crippen LogP contribution is 2.20. The largest absolute Gasteiger partial charge is 0.397 e. The van der Waals surface area contributed by atoms with Gasteiger partial charge in [-0.25, -0.2) is 4.68 Å². The second kappa shape index (κ2) is 5.66. The number of amides is 1. The molecule has 0 aliphatic heterocycles. The molecule has 6 nitrogen and oxygen atoms in total. The topological polar surface area (TPSA) is 90.0 Å². The Balaban J connectivity index is 2.10. The molecule has 2 aromatic rings. The molecule has 3 N–H and O–H groups in total. The van der Waals surface area contributed by atoms with E-state index in [2.05, 4.69) is 26.3 Å². The lowest BCUT2D eigenvalue weighted by Gasteiger charge is -2.08. The third-order valence-corrected chi connectivity index (χ3v) is 3.02. The Morgan fingerprint density at radius 1 is 1.42 bits per heavy atom. The van der Waals surface area contributed by atoms with Crippen LogP contribution in [0.4, 0.5) is 11.4 Å². The Labute approximate surface area is 117 Å². The van der Waals surface area contributed by atoms with Crippen molar-refractivity contribution >= 4 is 33.2 Å². The second-order valence-electron chi connectivity index (χ2n) is 3.81. The van der Waals surface area contributed by atoms with E-state index in [9.17, 15) is 9.59 Å². The number of nitrogen functional groups attached to an aromatic ring is 1. The molecule has 0 fully saturated rings. The van der Waals surface area contributed by atoms with E-state index in [1.165, 1.54) is 12.3 Å². The Hall–Kier alpha value is -2.15. The van der Waals surface area contributed by atoms with E-state index < -0.39 is 5.56 Å². The SMILES string of the molecule is Nc1cnn(CC(=O)Nc2ccccc2Br)c(=O)c1. The first kappa shape index (κ1) is 13.3. The van der Waals surface area contributed by atoms with Gasteiger partial charge in [-0.3, -0.25) is 9.59 Å². The molecule has 0 atom stereocenters. The summed E-state index contributed by atoms with van der Waals surface area (Å²) < 4.78 is 1.81. The minimum absolute atomic E-state index is 0.166. The molecule has 7 heteroatoms. The lowest BCUT2D eigenvalue weighted by molar-refractivity contribution is -0.117. The summed E-state index contributed by atoms with van der Waals surface area (Å²) in [5.74, 6) is -0.341. The molecule has 0 saturated carbocycles. The monoisotopic (exact) mass is 322 g/mol. The summed E-state index contributed by atoms with van der Waals surface area (Å²) in [5, 5.41) is 6.47. The van der Waals surface area contributed by atoms with E-state index in [0.717, 1.165) is 9.15 Å². The number of rotatable bonds is 3. The van der Waals surface area contributed by atoms with E-state index in [0.29, 0.717) is 5.69 Å². The van der Waals surface area contributed by atoms with E-state index in [-0.39, 0.29) is 18.1 Å². The van der Waals surface area contributed by atoms with Crippen LogP contribution >= 0.6 is 15.9 Å². The fraction of sp³-hybridized carbons (Fsp3) is 0.0833. The van der Waals surface area contributed by atoms with Gasteiger partial charge in [-0.1, -0.05) is 12.1 Å². The fourth-order valence-electron chi connectivity index (χ4n) is 1.45. The maximum absolute atomic E-state index is 11.8. The van der Waals surface area contributed by atoms with Crippen LogP contribution in [-0.2, 0) is 11.3 Å². The summed E-state index contributed by atoms with van der Waals surface area (Å²) in [7, 11) is 0. The second-order valence-corrected chi connectivity index (χ2v) is 4.67.